The van der Waals surface area contributed by atoms with Crippen LogP contribution in [0.5, 0.6) is 0 Å². The lowest BCUT2D eigenvalue weighted by atomic mass is 10.1. The normalized spacial score (nSPS) is 12.9. The number of amides is 2. The molecule has 2 atom stereocenters. The molecule has 0 heterocycles. The highest BCUT2D eigenvalue weighted by Gasteiger charge is 2.34. The van der Waals surface area contributed by atoms with Gasteiger partial charge in [-0.2, -0.15) is 0 Å². The zero-order valence-electron chi connectivity index (χ0n) is 24.6. The molecule has 0 radical (unpaired) electrons. The quantitative estimate of drug-likeness (QED) is 0.270. The summed E-state index contributed by atoms with van der Waals surface area (Å²) in [6.45, 7) is 10.8. The fraction of sp³-hybridized carbons (Fsp3) is 0.375. The van der Waals surface area contributed by atoms with Crippen molar-refractivity contribution >= 4 is 39.1 Å². The zero-order valence-corrected chi connectivity index (χ0v) is 26.2. The Labute approximate surface area is 249 Å². The van der Waals surface area contributed by atoms with Crippen LogP contribution in [-0.4, -0.2) is 43.8 Å². The number of aryl methyl sites for hydroxylation is 3. The Morgan fingerprint density at radius 3 is 2.15 bits per heavy atom. The van der Waals surface area contributed by atoms with Crippen LogP contribution in [0.2, 0.25) is 5.02 Å². The molecule has 0 aromatic heterocycles. The molecule has 0 aliphatic heterocycles. The van der Waals surface area contributed by atoms with E-state index in [1.54, 1.807) is 48.5 Å². The van der Waals surface area contributed by atoms with Gasteiger partial charge in [0.05, 0.1) is 10.6 Å². The second-order valence-corrected chi connectivity index (χ2v) is 12.7. The summed E-state index contributed by atoms with van der Waals surface area (Å²) >= 11 is 6.47. The van der Waals surface area contributed by atoms with Crippen LogP contribution in [0.1, 0.15) is 55.9 Å². The third-order valence-electron chi connectivity index (χ3n) is 7.21. The van der Waals surface area contributed by atoms with Gasteiger partial charge in [-0.3, -0.25) is 13.9 Å². The average molecular weight is 598 g/mol. The van der Waals surface area contributed by atoms with E-state index in [0.29, 0.717) is 28.3 Å². The largest absolute Gasteiger partial charge is 0.352 e. The van der Waals surface area contributed by atoms with Crippen molar-refractivity contribution in [3.05, 3.63) is 94.0 Å². The van der Waals surface area contributed by atoms with Crippen molar-refractivity contribution in [2.24, 2.45) is 0 Å². The number of carbonyl (C=O) groups excluding carboxylic acids is 2. The molecule has 0 saturated heterocycles. The Bertz CT molecular complexity index is 1470. The smallest absolute Gasteiger partial charge is 0.264 e. The molecule has 41 heavy (non-hydrogen) atoms. The molecular formula is C32H40ClN3O4S. The highest BCUT2D eigenvalue weighted by atomic mass is 35.5. The van der Waals surface area contributed by atoms with Crippen LogP contribution in [0.3, 0.4) is 0 Å². The summed E-state index contributed by atoms with van der Waals surface area (Å²) in [5.74, 6) is -0.797. The molecule has 0 aliphatic carbocycles. The van der Waals surface area contributed by atoms with Crippen molar-refractivity contribution in [3.8, 4) is 0 Å². The molecule has 3 aromatic carbocycles. The Hall–Kier alpha value is -3.36. The van der Waals surface area contributed by atoms with Crippen LogP contribution in [-0.2, 0) is 26.2 Å². The standard InChI is InChI=1S/C32H40ClN3O4S/c1-7-25(6)34-32(38)29(8-2)35(20-26-11-9-10-12-28(26)33)31(37)21-36(30-19-23(4)13-16-24(30)5)41(39,40)27-17-14-22(3)15-18-27/h9-19,25,29H,7-8,20-21H2,1-6H3,(H,34,38). The molecular weight excluding hydrogens is 558 g/mol. The number of hydrogen-bond donors (Lipinski definition) is 1. The van der Waals surface area contributed by atoms with Gasteiger partial charge < -0.3 is 10.2 Å². The summed E-state index contributed by atoms with van der Waals surface area (Å²) in [7, 11) is -4.14. The Balaban J connectivity index is 2.11. The molecule has 1 N–H and O–H groups in total. The first-order valence-electron chi connectivity index (χ1n) is 13.9. The minimum absolute atomic E-state index is 0.0517. The van der Waals surface area contributed by atoms with Gasteiger partial charge in [0.1, 0.15) is 12.6 Å². The maximum atomic E-state index is 14.2. The van der Waals surface area contributed by atoms with Crippen molar-refractivity contribution in [1.82, 2.24) is 10.2 Å². The van der Waals surface area contributed by atoms with Gasteiger partial charge in [-0.1, -0.05) is 73.5 Å². The van der Waals surface area contributed by atoms with Crippen molar-refractivity contribution in [2.75, 3.05) is 10.8 Å². The SMILES string of the molecule is CCC(C)NC(=O)C(CC)N(Cc1ccccc1Cl)C(=O)CN(c1cc(C)ccc1C)S(=O)(=O)c1ccc(C)cc1. The number of rotatable bonds is 12. The average Bonchev–Trinajstić information content (AvgIpc) is 2.94. The maximum absolute atomic E-state index is 14.2. The van der Waals surface area contributed by atoms with Gasteiger partial charge in [-0.25, -0.2) is 8.42 Å². The summed E-state index contributed by atoms with van der Waals surface area (Å²) in [5, 5.41) is 3.44. The van der Waals surface area contributed by atoms with Gasteiger partial charge in [0, 0.05) is 17.6 Å². The second-order valence-electron chi connectivity index (χ2n) is 10.5. The number of anilines is 1. The Morgan fingerprint density at radius 1 is 0.902 bits per heavy atom. The molecule has 7 nitrogen and oxygen atoms in total. The van der Waals surface area contributed by atoms with Gasteiger partial charge in [0.15, 0.2) is 0 Å². The molecule has 0 fully saturated rings. The van der Waals surface area contributed by atoms with Crippen LogP contribution in [0.4, 0.5) is 5.69 Å². The van der Waals surface area contributed by atoms with E-state index in [-0.39, 0.29) is 23.4 Å². The van der Waals surface area contributed by atoms with E-state index in [9.17, 15) is 18.0 Å². The van der Waals surface area contributed by atoms with Gasteiger partial charge in [-0.05, 0) is 81.5 Å². The number of nitrogens with one attached hydrogen (secondary N) is 1. The first-order valence-corrected chi connectivity index (χ1v) is 15.7. The van der Waals surface area contributed by atoms with Gasteiger partial charge in [0.25, 0.3) is 10.0 Å². The summed E-state index contributed by atoms with van der Waals surface area (Å²) < 4.78 is 29.3. The molecule has 2 unspecified atom stereocenters. The number of benzene rings is 3. The number of hydrogen-bond acceptors (Lipinski definition) is 4. The van der Waals surface area contributed by atoms with E-state index in [4.69, 9.17) is 11.6 Å². The summed E-state index contributed by atoms with van der Waals surface area (Å²) in [4.78, 5) is 29.2. The predicted molar refractivity (Wildman–Crippen MR) is 166 cm³/mol. The third kappa shape index (κ3) is 7.89. The molecule has 220 valence electrons. The fourth-order valence-electron chi connectivity index (χ4n) is 4.51. The lowest BCUT2D eigenvalue weighted by Gasteiger charge is -2.34. The molecule has 0 saturated carbocycles. The lowest BCUT2D eigenvalue weighted by molar-refractivity contribution is -0.140. The first kappa shape index (κ1) is 32.2. The minimum atomic E-state index is -4.14. The number of sulfonamides is 1. The van der Waals surface area contributed by atoms with E-state index in [0.717, 1.165) is 21.9 Å². The highest BCUT2D eigenvalue weighted by Crippen LogP contribution is 2.29. The minimum Gasteiger partial charge on any atom is -0.352 e. The summed E-state index contributed by atoms with van der Waals surface area (Å²) in [6, 6.07) is 18.3. The maximum Gasteiger partial charge on any atom is 0.264 e. The molecule has 0 spiro atoms. The molecule has 0 bridgehead atoms. The number of carbonyl (C=O) groups is 2. The van der Waals surface area contributed by atoms with Crippen molar-refractivity contribution in [1.29, 1.82) is 0 Å². The van der Waals surface area contributed by atoms with Crippen molar-refractivity contribution in [2.45, 2.75) is 77.9 Å². The van der Waals surface area contributed by atoms with Crippen LogP contribution in [0.25, 0.3) is 0 Å². The topological polar surface area (TPSA) is 86.8 Å². The van der Waals surface area contributed by atoms with Crippen molar-refractivity contribution in [3.63, 3.8) is 0 Å². The van der Waals surface area contributed by atoms with E-state index in [1.165, 1.54) is 4.90 Å². The molecule has 3 aromatic rings. The van der Waals surface area contributed by atoms with Crippen LogP contribution in [0, 0.1) is 20.8 Å². The Kier molecular flexibility index (Phi) is 11.0. The van der Waals surface area contributed by atoms with Gasteiger partial charge in [-0.15, -0.1) is 0 Å². The van der Waals surface area contributed by atoms with E-state index >= 15 is 0 Å². The van der Waals surface area contributed by atoms with E-state index < -0.39 is 28.5 Å². The molecule has 0 aliphatic rings. The summed E-state index contributed by atoms with van der Waals surface area (Å²) in [6.07, 6.45) is 1.07. The predicted octanol–water partition coefficient (Wildman–Crippen LogP) is 6.18. The van der Waals surface area contributed by atoms with Crippen LogP contribution in [0.15, 0.2) is 71.6 Å². The first-order chi connectivity index (χ1) is 19.4. The van der Waals surface area contributed by atoms with Crippen LogP contribution >= 0.6 is 11.6 Å². The monoisotopic (exact) mass is 597 g/mol. The third-order valence-corrected chi connectivity index (χ3v) is 9.35. The second kappa shape index (κ2) is 14.0. The molecule has 9 heteroatoms. The highest BCUT2D eigenvalue weighted by molar-refractivity contribution is 7.92. The Morgan fingerprint density at radius 2 is 1.54 bits per heavy atom. The number of halogens is 1. The lowest BCUT2D eigenvalue weighted by Crippen LogP contribution is -2.53. The van der Waals surface area contributed by atoms with Crippen LogP contribution < -0.4 is 9.62 Å². The zero-order chi connectivity index (χ0) is 30.3. The van der Waals surface area contributed by atoms with Crippen molar-refractivity contribution < 1.29 is 18.0 Å². The number of nitrogens with zero attached hydrogens (tertiary/aromatic N) is 2. The van der Waals surface area contributed by atoms with Gasteiger partial charge >= 0.3 is 0 Å². The molecule has 3 rings (SSSR count). The summed E-state index contributed by atoms with van der Waals surface area (Å²) in [5.41, 5.74) is 3.56. The fourth-order valence-corrected chi connectivity index (χ4v) is 6.18. The van der Waals surface area contributed by atoms with E-state index in [2.05, 4.69) is 5.32 Å². The van der Waals surface area contributed by atoms with Gasteiger partial charge in [0.2, 0.25) is 11.8 Å². The van der Waals surface area contributed by atoms with E-state index in [1.807, 2.05) is 59.7 Å². The molecule has 2 amide bonds.